The molecule has 0 aliphatic carbocycles. The molecular formula is C41H63N5O14. The van der Waals surface area contributed by atoms with Gasteiger partial charge in [-0.3, -0.25) is 38.3 Å². The van der Waals surface area contributed by atoms with Crippen molar-refractivity contribution in [3.05, 3.63) is 44.9 Å². The van der Waals surface area contributed by atoms with Gasteiger partial charge in [-0.15, -0.1) is 0 Å². The number of aromatic amines is 1. The second kappa shape index (κ2) is 24.6. The normalized spacial score (nSPS) is 25.9. The van der Waals surface area contributed by atoms with Crippen molar-refractivity contribution in [3.8, 4) is 0 Å². The summed E-state index contributed by atoms with van der Waals surface area (Å²) in [6, 6.07) is 0.105. The second-order valence-electron chi connectivity index (χ2n) is 15.4. The highest BCUT2D eigenvalue weighted by atomic mass is 16.7. The fraction of sp³-hybridized carbons (Fsp3) is 0.732. The number of hydrogen-bond acceptors (Lipinski definition) is 14. The maximum Gasteiger partial charge on any atom is 0.330 e. The number of rotatable bonds is 24. The van der Waals surface area contributed by atoms with Crippen LogP contribution in [0.25, 0.3) is 0 Å². The Balaban J connectivity index is 1.67. The van der Waals surface area contributed by atoms with Crippen LogP contribution >= 0.6 is 0 Å². The van der Waals surface area contributed by atoms with Gasteiger partial charge >= 0.3 is 17.6 Å². The number of nitrogens with one attached hydrogen (secondary N) is 3. The van der Waals surface area contributed by atoms with E-state index in [0.717, 1.165) is 87.1 Å². The summed E-state index contributed by atoms with van der Waals surface area (Å²) in [6.45, 7) is 4.64. The largest absolute Gasteiger partial charge is 0.455 e. The molecule has 3 amide bonds. The number of esters is 2. The van der Waals surface area contributed by atoms with Crippen LogP contribution in [0.1, 0.15) is 129 Å². The van der Waals surface area contributed by atoms with Gasteiger partial charge in [0, 0.05) is 44.8 Å². The molecule has 2 fully saturated rings. The lowest BCUT2D eigenvalue weighted by atomic mass is 10.0. The van der Waals surface area contributed by atoms with Gasteiger partial charge in [0.2, 0.25) is 24.2 Å². The van der Waals surface area contributed by atoms with Crippen molar-refractivity contribution >= 4 is 29.7 Å². The van der Waals surface area contributed by atoms with Crippen molar-refractivity contribution in [1.82, 2.24) is 20.2 Å². The van der Waals surface area contributed by atoms with Gasteiger partial charge < -0.3 is 49.9 Å². The standard InChI is InChI=1S/C41H63N5O14/c1-4-6-8-10-12-14-19-29(48)56-26-24-27(38(53)44-25-18-16-17-22-43-37(25)52)57-40(32(26)58-30(49)20-15-13-11-9-7-5-2)60-35(36(42)51)34-33(55-3)31(50)39(59-34)46-23-21-28(47)45-41(46)54/h21,23-26,31-35,39-40,50H,4-20,22H2,1-3H3,(H2,42,51)(H,43,52)(H,44,53)(H,45,47,54)/t25-,26-,31+,32-,33-,34-,35+,39+,40+/m0/s1. The van der Waals surface area contributed by atoms with Gasteiger partial charge in [-0.05, 0) is 32.1 Å². The number of amides is 3. The number of hydrogen-bond donors (Lipinski definition) is 5. The number of ether oxygens (including phenoxy) is 6. The maximum atomic E-state index is 13.8. The predicted molar refractivity (Wildman–Crippen MR) is 214 cm³/mol. The highest BCUT2D eigenvalue weighted by Gasteiger charge is 2.53. The number of unbranched alkanes of at least 4 members (excludes halogenated alkanes) is 10. The Hall–Kier alpha value is -4.59. The van der Waals surface area contributed by atoms with Crippen LogP contribution in [-0.4, -0.2) is 107 Å². The Labute approximate surface area is 349 Å². The molecule has 1 aromatic rings. The molecule has 9 atom stereocenters. The average Bonchev–Trinajstić information content (AvgIpc) is 3.39. The minimum Gasteiger partial charge on any atom is -0.455 e. The highest BCUT2D eigenvalue weighted by Crippen LogP contribution is 2.35. The summed E-state index contributed by atoms with van der Waals surface area (Å²) in [7, 11) is 1.21. The molecule has 2 saturated heterocycles. The van der Waals surface area contributed by atoms with Gasteiger partial charge in [0.1, 0.15) is 24.4 Å². The number of H-pyrrole nitrogens is 1. The fourth-order valence-corrected chi connectivity index (χ4v) is 7.42. The molecule has 0 spiro atoms. The predicted octanol–water partition coefficient (Wildman–Crippen LogP) is 2.03. The van der Waals surface area contributed by atoms with E-state index in [1.54, 1.807) is 0 Å². The van der Waals surface area contributed by atoms with Crippen LogP contribution in [0.5, 0.6) is 0 Å². The summed E-state index contributed by atoms with van der Waals surface area (Å²) < 4.78 is 36.3. The van der Waals surface area contributed by atoms with Crippen molar-refractivity contribution in [2.24, 2.45) is 5.73 Å². The summed E-state index contributed by atoms with van der Waals surface area (Å²) in [5.41, 5.74) is 4.23. The monoisotopic (exact) mass is 849 g/mol. The molecular weight excluding hydrogens is 786 g/mol. The Morgan fingerprint density at radius 1 is 0.917 bits per heavy atom. The SMILES string of the molecule is CCCCCCCCC(=O)O[C@@H]1[C@@H](O[C@@H](C(N)=O)[C@H]2O[C@@H](n3ccc(=O)[nH]c3=O)[C@H](O)[C@@H]2OC)OC(C(=O)N[C@H]2CCCCNC2=O)=C[C@@H]1OC(=O)CCCCCCCC. The summed E-state index contributed by atoms with van der Waals surface area (Å²) >= 11 is 0. The molecule has 4 heterocycles. The van der Waals surface area contributed by atoms with Crippen molar-refractivity contribution in [1.29, 1.82) is 0 Å². The van der Waals surface area contributed by atoms with E-state index < -0.39 is 102 Å². The van der Waals surface area contributed by atoms with Crippen LogP contribution < -0.4 is 27.6 Å². The summed E-state index contributed by atoms with van der Waals surface area (Å²) in [4.78, 5) is 93.2. The molecule has 4 rings (SSSR count). The number of nitrogens with two attached hydrogens (primary N) is 1. The van der Waals surface area contributed by atoms with Crippen molar-refractivity contribution < 1.29 is 57.5 Å². The van der Waals surface area contributed by atoms with Gasteiger partial charge in [-0.25, -0.2) is 4.79 Å². The fourth-order valence-electron chi connectivity index (χ4n) is 7.42. The number of aromatic nitrogens is 2. The van der Waals surface area contributed by atoms with E-state index in [1.807, 2.05) is 0 Å². The lowest BCUT2D eigenvalue weighted by Gasteiger charge is -2.38. The van der Waals surface area contributed by atoms with E-state index in [9.17, 15) is 38.7 Å². The number of carbonyl (C=O) groups is 5. The van der Waals surface area contributed by atoms with Gasteiger partial charge in [0.05, 0.1) is 0 Å². The van der Waals surface area contributed by atoms with E-state index in [0.29, 0.717) is 38.6 Å². The Bertz CT molecular complexity index is 1730. The molecule has 0 aromatic carbocycles. The van der Waals surface area contributed by atoms with Gasteiger partial charge in [0.15, 0.2) is 24.2 Å². The van der Waals surface area contributed by atoms with E-state index >= 15 is 0 Å². The first kappa shape index (κ1) is 48.1. The van der Waals surface area contributed by atoms with Crippen molar-refractivity contribution in [2.45, 2.75) is 178 Å². The molecule has 3 aliphatic rings. The smallest absolute Gasteiger partial charge is 0.330 e. The van der Waals surface area contributed by atoms with E-state index in [-0.39, 0.29) is 12.8 Å². The molecule has 0 radical (unpaired) electrons. The second-order valence-corrected chi connectivity index (χ2v) is 15.4. The van der Waals surface area contributed by atoms with E-state index in [1.165, 1.54) is 7.11 Å². The zero-order valence-electron chi connectivity index (χ0n) is 34.9. The number of primary amides is 1. The third-order valence-electron chi connectivity index (χ3n) is 10.7. The minimum atomic E-state index is -1.88. The molecule has 0 unspecified atom stereocenters. The molecule has 336 valence electrons. The lowest BCUT2D eigenvalue weighted by Crippen LogP contribution is -2.56. The topological polar surface area (TPSA) is 266 Å². The molecule has 19 heteroatoms. The highest BCUT2D eigenvalue weighted by molar-refractivity contribution is 5.96. The summed E-state index contributed by atoms with van der Waals surface area (Å²) in [5, 5.41) is 16.6. The number of nitrogens with zero attached hydrogens (tertiary/aromatic N) is 1. The third kappa shape index (κ3) is 14.0. The van der Waals surface area contributed by atoms with Crippen LogP contribution in [0.4, 0.5) is 0 Å². The average molecular weight is 850 g/mol. The minimum absolute atomic E-state index is 0.0137. The van der Waals surface area contributed by atoms with Crippen LogP contribution in [0, 0.1) is 0 Å². The number of methoxy groups -OCH3 is 1. The van der Waals surface area contributed by atoms with Crippen LogP contribution in [-0.2, 0) is 52.4 Å². The van der Waals surface area contributed by atoms with Crippen molar-refractivity contribution in [3.63, 3.8) is 0 Å². The molecule has 0 saturated carbocycles. The Morgan fingerprint density at radius 2 is 1.55 bits per heavy atom. The first-order valence-corrected chi connectivity index (χ1v) is 21.4. The van der Waals surface area contributed by atoms with Crippen LogP contribution in [0.3, 0.4) is 0 Å². The van der Waals surface area contributed by atoms with Crippen LogP contribution in [0.2, 0.25) is 0 Å². The molecule has 0 bridgehead atoms. The summed E-state index contributed by atoms with van der Waals surface area (Å²) in [6.07, 6.45) is 1.75. The zero-order chi connectivity index (χ0) is 43.6. The zero-order valence-corrected chi connectivity index (χ0v) is 34.9. The summed E-state index contributed by atoms with van der Waals surface area (Å²) in [5.74, 6) is -4.27. The molecule has 60 heavy (non-hydrogen) atoms. The Kier molecular flexibility index (Phi) is 19.7. The Morgan fingerprint density at radius 3 is 2.17 bits per heavy atom. The van der Waals surface area contributed by atoms with Gasteiger partial charge in [-0.2, -0.15) is 0 Å². The maximum absolute atomic E-state index is 13.8. The van der Waals surface area contributed by atoms with Gasteiger partial charge in [-0.1, -0.05) is 78.1 Å². The molecule has 1 aromatic heterocycles. The quantitative estimate of drug-likeness (QED) is 0.0737. The number of aliphatic hydroxyl groups is 1. The lowest BCUT2D eigenvalue weighted by molar-refractivity contribution is -0.250. The first-order chi connectivity index (χ1) is 28.9. The van der Waals surface area contributed by atoms with Gasteiger partial charge in [0.25, 0.3) is 11.5 Å². The molecule has 19 nitrogen and oxygen atoms in total. The van der Waals surface area contributed by atoms with Crippen molar-refractivity contribution in [2.75, 3.05) is 13.7 Å². The number of carbonyl (C=O) groups excluding carboxylic acids is 5. The number of aliphatic hydroxyl groups excluding tert-OH is 1. The molecule has 3 aliphatic heterocycles. The van der Waals surface area contributed by atoms with E-state index in [4.69, 9.17) is 34.2 Å². The van der Waals surface area contributed by atoms with Crippen LogP contribution in [0.15, 0.2) is 33.7 Å². The molecule has 6 N–H and O–H groups in total. The van der Waals surface area contributed by atoms with E-state index in [2.05, 4.69) is 29.5 Å². The first-order valence-electron chi connectivity index (χ1n) is 21.4. The third-order valence-corrected chi connectivity index (χ3v) is 10.7.